The first kappa shape index (κ1) is 17.8. The Labute approximate surface area is 166 Å². The highest BCUT2D eigenvalue weighted by Gasteiger charge is 2.21. The fourth-order valence-corrected chi connectivity index (χ4v) is 3.84. The third-order valence-electron chi connectivity index (χ3n) is 4.43. The van der Waals surface area contributed by atoms with Crippen LogP contribution in [0, 0.1) is 0 Å². The predicted molar refractivity (Wildman–Crippen MR) is 113 cm³/mol. The molecular formula is C23H17NO3S. The van der Waals surface area contributed by atoms with E-state index in [1.54, 1.807) is 23.5 Å². The molecule has 1 aromatic heterocycles. The van der Waals surface area contributed by atoms with Crippen LogP contribution in [0.2, 0.25) is 0 Å². The Morgan fingerprint density at radius 2 is 1.54 bits per heavy atom. The molecule has 0 unspecified atom stereocenters. The van der Waals surface area contributed by atoms with Crippen LogP contribution < -0.4 is 5.32 Å². The van der Waals surface area contributed by atoms with E-state index >= 15 is 0 Å². The minimum atomic E-state index is -0.572. The van der Waals surface area contributed by atoms with E-state index in [0.717, 1.165) is 16.0 Å². The number of para-hydroxylation sites is 1. The quantitative estimate of drug-likeness (QED) is 0.418. The van der Waals surface area contributed by atoms with Gasteiger partial charge in [-0.1, -0.05) is 54.6 Å². The first-order chi connectivity index (χ1) is 13.6. The summed E-state index contributed by atoms with van der Waals surface area (Å²) >= 11 is 1.57. The van der Waals surface area contributed by atoms with Crippen molar-refractivity contribution in [2.24, 2.45) is 0 Å². The molecule has 0 aliphatic carbocycles. The first-order valence-electron chi connectivity index (χ1n) is 8.70. The lowest BCUT2D eigenvalue weighted by molar-refractivity contribution is 0.102. The van der Waals surface area contributed by atoms with Crippen LogP contribution in [0.3, 0.4) is 0 Å². The second-order valence-electron chi connectivity index (χ2n) is 6.20. The second kappa shape index (κ2) is 7.58. The van der Waals surface area contributed by atoms with E-state index in [9.17, 15) is 15.0 Å². The Morgan fingerprint density at radius 3 is 2.29 bits per heavy atom. The molecule has 0 bridgehead atoms. The largest absolute Gasteiger partial charge is 0.507 e. The number of phenols is 2. The minimum absolute atomic E-state index is 0.151. The van der Waals surface area contributed by atoms with Crippen LogP contribution in [-0.4, -0.2) is 16.1 Å². The standard InChI is InChI=1S/C23H17NO3S/c25-19-13-12-16(15-7-2-1-3-8-15)22(26)21(19)23(27)24-18-10-5-4-9-17(18)20-11-6-14-28-20/h1-14,25-26H,(H,24,27). The number of carbonyl (C=O) groups is 1. The lowest BCUT2D eigenvalue weighted by Gasteiger charge is -2.14. The molecule has 3 aromatic carbocycles. The van der Waals surface area contributed by atoms with Gasteiger partial charge >= 0.3 is 0 Å². The summed E-state index contributed by atoms with van der Waals surface area (Å²) in [6, 6.07) is 23.6. The van der Waals surface area contributed by atoms with Crippen molar-refractivity contribution in [3.05, 3.63) is 89.8 Å². The van der Waals surface area contributed by atoms with E-state index in [1.807, 2.05) is 66.0 Å². The van der Waals surface area contributed by atoms with Gasteiger partial charge in [-0.05, 0) is 35.2 Å². The van der Waals surface area contributed by atoms with Crippen molar-refractivity contribution in [1.82, 2.24) is 0 Å². The number of thiophene rings is 1. The molecule has 3 N–H and O–H groups in total. The van der Waals surface area contributed by atoms with Crippen LogP contribution in [0.5, 0.6) is 11.5 Å². The molecule has 0 saturated heterocycles. The summed E-state index contributed by atoms with van der Waals surface area (Å²) in [5.74, 6) is -1.10. The monoisotopic (exact) mass is 387 g/mol. The number of hydrogen-bond donors (Lipinski definition) is 3. The second-order valence-corrected chi connectivity index (χ2v) is 7.15. The zero-order chi connectivity index (χ0) is 19.5. The summed E-state index contributed by atoms with van der Waals surface area (Å²) in [5, 5.41) is 25.7. The molecule has 0 atom stereocenters. The number of carbonyl (C=O) groups excluding carboxylic acids is 1. The Morgan fingerprint density at radius 1 is 0.786 bits per heavy atom. The maximum atomic E-state index is 12.9. The Hall–Kier alpha value is -3.57. The number of hydrogen-bond acceptors (Lipinski definition) is 4. The lowest BCUT2D eigenvalue weighted by Crippen LogP contribution is -2.13. The number of phenolic OH excluding ortho intramolecular Hbond substituents is 2. The normalized spacial score (nSPS) is 10.6. The molecular weight excluding hydrogens is 370 g/mol. The van der Waals surface area contributed by atoms with Crippen molar-refractivity contribution in [1.29, 1.82) is 0 Å². The summed E-state index contributed by atoms with van der Waals surface area (Å²) in [7, 11) is 0. The molecule has 0 aliphatic rings. The van der Waals surface area contributed by atoms with Crippen LogP contribution in [0.4, 0.5) is 5.69 Å². The van der Waals surface area contributed by atoms with Gasteiger partial charge in [-0.3, -0.25) is 4.79 Å². The van der Waals surface area contributed by atoms with Crippen molar-refractivity contribution in [2.45, 2.75) is 0 Å². The molecule has 4 aromatic rings. The number of amides is 1. The molecule has 0 aliphatic heterocycles. The molecule has 1 amide bonds. The lowest BCUT2D eigenvalue weighted by atomic mass is 10.00. The maximum Gasteiger partial charge on any atom is 0.263 e. The van der Waals surface area contributed by atoms with Crippen LogP contribution in [0.15, 0.2) is 84.2 Å². The average molecular weight is 387 g/mol. The zero-order valence-electron chi connectivity index (χ0n) is 14.8. The third-order valence-corrected chi connectivity index (χ3v) is 5.33. The fourth-order valence-electron chi connectivity index (χ4n) is 3.08. The van der Waals surface area contributed by atoms with Gasteiger partial charge in [0.15, 0.2) is 0 Å². The molecule has 5 heteroatoms. The van der Waals surface area contributed by atoms with E-state index in [-0.39, 0.29) is 17.1 Å². The topological polar surface area (TPSA) is 69.6 Å². The molecule has 4 rings (SSSR count). The smallest absolute Gasteiger partial charge is 0.263 e. The maximum absolute atomic E-state index is 12.9. The number of anilines is 1. The predicted octanol–water partition coefficient (Wildman–Crippen LogP) is 5.75. The summed E-state index contributed by atoms with van der Waals surface area (Å²) in [6.07, 6.45) is 0. The molecule has 0 saturated carbocycles. The molecule has 28 heavy (non-hydrogen) atoms. The number of nitrogens with one attached hydrogen (secondary N) is 1. The van der Waals surface area contributed by atoms with E-state index < -0.39 is 5.91 Å². The fraction of sp³-hybridized carbons (Fsp3) is 0. The number of benzene rings is 3. The summed E-state index contributed by atoms with van der Waals surface area (Å²) in [4.78, 5) is 13.9. The highest BCUT2D eigenvalue weighted by molar-refractivity contribution is 7.13. The van der Waals surface area contributed by atoms with Crippen LogP contribution >= 0.6 is 11.3 Å². The van der Waals surface area contributed by atoms with Gasteiger partial charge in [0, 0.05) is 21.7 Å². The van der Waals surface area contributed by atoms with Gasteiger partial charge in [0.05, 0.1) is 0 Å². The van der Waals surface area contributed by atoms with Gasteiger partial charge in [-0.15, -0.1) is 11.3 Å². The highest BCUT2D eigenvalue weighted by Crippen LogP contribution is 2.38. The van der Waals surface area contributed by atoms with Gasteiger partial charge < -0.3 is 15.5 Å². The molecule has 0 fully saturated rings. The van der Waals surface area contributed by atoms with E-state index in [4.69, 9.17) is 0 Å². The zero-order valence-corrected chi connectivity index (χ0v) is 15.6. The van der Waals surface area contributed by atoms with Crippen LogP contribution in [-0.2, 0) is 0 Å². The Bertz CT molecular complexity index is 1120. The number of aromatic hydroxyl groups is 2. The van der Waals surface area contributed by atoms with Crippen molar-refractivity contribution in [3.8, 4) is 33.1 Å². The van der Waals surface area contributed by atoms with E-state index in [1.165, 1.54) is 6.07 Å². The number of rotatable bonds is 4. The van der Waals surface area contributed by atoms with Gasteiger partial charge in [0.2, 0.25) is 0 Å². The van der Waals surface area contributed by atoms with Crippen LogP contribution in [0.1, 0.15) is 10.4 Å². The third kappa shape index (κ3) is 3.35. The minimum Gasteiger partial charge on any atom is -0.507 e. The van der Waals surface area contributed by atoms with Gasteiger partial charge in [-0.2, -0.15) is 0 Å². The Balaban J connectivity index is 1.72. The van der Waals surface area contributed by atoms with Crippen molar-refractivity contribution >= 4 is 22.9 Å². The van der Waals surface area contributed by atoms with E-state index in [2.05, 4.69) is 5.32 Å². The average Bonchev–Trinajstić information content (AvgIpc) is 3.24. The van der Waals surface area contributed by atoms with E-state index in [0.29, 0.717) is 11.3 Å². The SMILES string of the molecule is O=C(Nc1ccccc1-c1cccs1)c1c(O)ccc(-c2ccccc2)c1O. The van der Waals surface area contributed by atoms with Crippen molar-refractivity contribution < 1.29 is 15.0 Å². The van der Waals surface area contributed by atoms with Gasteiger partial charge in [-0.25, -0.2) is 0 Å². The molecule has 0 spiro atoms. The molecule has 4 nitrogen and oxygen atoms in total. The van der Waals surface area contributed by atoms with Crippen LogP contribution in [0.25, 0.3) is 21.6 Å². The molecule has 138 valence electrons. The van der Waals surface area contributed by atoms with Gasteiger partial charge in [0.1, 0.15) is 17.1 Å². The molecule has 0 radical (unpaired) electrons. The Kier molecular flexibility index (Phi) is 4.83. The summed E-state index contributed by atoms with van der Waals surface area (Å²) in [6.45, 7) is 0. The van der Waals surface area contributed by atoms with Crippen molar-refractivity contribution in [3.63, 3.8) is 0 Å². The van der Waals surface area contributed by atoms with Crippen molar-refractivity contribution in [2.75, 3.05) is 5.32 Å². The summed E-state index contributed by atoms with van der Waals surface area (Å²) in [5.41, 5.74) is 2.58. The summed E-state index contributed by atoms with van der Waals surface area (Å²) < 4.78 is 0. The molecule has 1 heterocycles. The highest BCUT2D eigenvalue weighted by atomic mass is 32.1. The van der Waals surface area contributed by atoms with Gasteiger partial charge in [0.25, 0.3) is 5.91 Å². The first-order valence-corrected chi connectivity index (χ1v) is 9.57.